The van der Waals surface area contributed by atoms with Crippen LogP contribution in [0.1, 0.15) is 47.2 Å². The molecule has 1 saturated heterocycles. The first kappa shape index (κ1) is 31.3. The van der Waals surface area contributed by atoms with E-state index in [0.717, 1.165) is 30.8 Å². The first-order chi connectivity index (χ1) is 21.4. The van der Waals surface area contributed by atoms with Gasteiger partial charge in [0.05, 0.1) is 24.3 Å². The molecular weight excluding hydrogens is 578 g/mol. The van der Waals surface area contributed by atoms with Crippen LogP contribution in [0.5, 0.6) is 11.5 Å². The van der Waals surface area contributed by atoms with Crippen LogP contribution in [0.4, 0.5) is 0 Å². The maximum atomic E-state index is 14.2. The molecule has 240 valence electrons. The summed E-state index contributed by atoms with van der Waals surface area (Å²) in [6, 6.07) is 8.19. The summed E-state index contributed by atoms with van der Waals surface area (Å²) in [7, 11) is 4.85. The normalized spacial score (nSPS) is 27.8. The molecule has 3 aliphatic carbocycles. The number of hydrogen-bond donors (Lipinski definition) is 6. The van der Waals surface area contributed by atoms with Crippen LogP contribution < -0.4 is 10.5 Å². The van der Waals surface area contributed by atoms with Crippen molar-refractivity contribution < 1.29 is 39.9 Å². The molecule has 4 aliphatic rings. The Morgan fingerprint density at radius 3 is 2.42 bits per heavy atom. The number of methoxy groups -OCH3 is 1. The van der Waals surface area contributed by atoms with Crippen LogP contribution >= 0.6 is 0 Å². The summed E-state index contributed by atoms with van der Waals surface area (Å²) in [5, 5.41) is 55.7. The van der Waals surface area contributed by atoms with Gasteiger partial charge in [0.25, 0.3) is 0 Å². The second-order valence-corrected chi connectivity index (χ2v) is 12.9. The van der Waals surface area contributed by atoms with Gasteiger partial charge in [-0.3, -0.25) is 19.4 Å². The second-order valence-electron chi connectivity index (χ2n) is 12.9. The van der Waals surface area contributed by atoms with E-state index in [2.05, 4.69) is 11.0 Å². The molecule has 11 heteroatoms. The van der Waals surface area contributed by atoms with E-state index in [1.165, 1.54) is 25.3 Å². The molecule has 2 aromatic carbocycles. The Morgan fingerprint density at radius 2 is 1.78 bits per heavy atom. The second kappa shape index (κ2) is 11.6. The highest BCUT2D eigenvalue weighted by atomic mass is 16.5. The quantitative estimate of drug-likeness (QED) is 0.262. The number of fused-ring (bicyclic) bond motifs is 3. The predicted molar refractivity (Wildman–Crippen MR) is 166 cm³/mol. The molecule has 45 heavy (non-hydrogen) atoms. The van der Waals surface area contributed by atoms with E-state index in [1.54, 1.807) is 32.2 Å². The zero-order valence-corrected chi connectivity index (χ0v) is 25.8. The Bertz CT molecular complexity index is 1620. The number of benzene rings is 2. The van der Waals surface area contributed by atoms with Crippen molar-refractivity contribution in [1.82, 2.24) is 9.80 Å². The summed E-state index contributed by atoms with van der Waals surface area (Å²) < 4.78 is 5.74. The number of nitrogens with two attached hydrogens (primary N) is 1. The number of carbonyl (C=O) groups is 2. The summed E-state index contributed by atoms with van der Waals surface area (Å²) in [4.78, 5) is 31.8. The van der Waals surface area contributed by atoms with E-state index in [1.807, 2.05) is 12.1 Å². The van der Waals surface area contributed by atoms with Gasteiger partial charge < -0.3 is 36.0 Å². The number of likely N-dealkylation sites (tertiary alicyclic amines) is 1. The highest BCUT2D eigenvalue weighted by molar-refractivity contribution is 6.16. The zero-order chi connectivity index (χ0) is 32.4. The molecule has 0 saturated carbocycles. The molecule has 1 unspecified atom stereocenters. The number of hydrogen-bond acceptors (Lipinski definition) is 11. The van der Waals surface area contributed by atoms with Crippen molar-refractivity contribution in [2.45, 2.75) is 56.5 Å². The fourth-order valence-electron chi connectivity index (χ4n) is 8.02. The lowest BCUT2D eigenvalue weighted by molar-refractivity contribution is -0.148. The van der Waals surface area contributed by atoms with Crippen LogP contribution in [0.3, 0.4) is 0 Å². The SMILES string of the molecule is COc1ccc(CN2CCCCC2)cc1-c1ccc(O)c2c1C[C@H]1C[C@H]3[C@H](N(C)C)C(O)=C(C(N)O)C(=O)[C@@]3(O)C(O)=C1C2=O. The third-order valence-corrected chi connectivity index (χ3v) is 10.1. The Kier molecular flexibility index (Phi) is 8.03. The smallest absolute Gasteiger partial charge is 0.205 e. The number of phenols is 1. The van der Waals surface area contributed by atoms with E-state index >= 15 is 0 Å². The van der Waals surface area contributed by atoms with Gasteiger partial charge >= 0.3 is 0 Å². The van der Waals surface area contributed by atoms with Gasteiger partial charge in [-0.15, -0.1) is 0 Å². The molecule has 5 atom stereocenters. The van der Waals surface area contributed by atoms with E-state index < -0.39 is 58.4 Å². The molecule has 0 bridgehead atoms. The molecule has 1 fully saturated rings. The Balaban J connectivity index is 1.48. The Labute approximate surface area is 261 Å². The van der Waals surface area contributed by atoms with Crippen molar-refractivity contribution in [3.63, 3.8) is 0 Å². The number of phenolic OH excluding ortho intramolecular Hbond substituents is 1. The molecule has 6 rings (SSSR count). The van der Waals surface area contributed by atoms with E-state index in [-0.39, 0.29) is 29.7 Å². The average molecular weight is 620 g/mol. The molecule has 11 nitrogen and oxygen atoms in total. The van der Waals surface area contributed by atoms with Crippen molar-refractivity contribution >= 4 is 11.6 Å². The maximum Gasteiger partial charge on any atom is 0.205 e. The minimum Gasteiger partial charge on any atom is -0.510 e. The van der Waals surface area contributed by atoms with Gasteiger partial charge in [-0.2, -0.15) is 0 Å². The average Bonchev–Trinajstić information content (AvgIpc) is 2.99. The number of aliphatic hydroxyl groups is 4. The fraction of sp³-hybridized carbons (Fsp3) is 0.471. The molecule has 0 aromatic heterocycles. The number of likely N-dealkylation sites (N-methyl/N-ethyl adjacent to an activating group) is 1. The third-order valence-electron chi connectivity index (χ3n) is 10.1. The van der Waals surface area contributed by atoms with Crippen molar-refractivity contribution in [2.75, 3.05) is 34.3 Å². The van der Waals surface area contributed by atoms with Crippen LogP contribution in [-0.2, 0) is 17.8 Å². The number of rotatable bonds is 6. The number of nitrogens with zero attached hydrogens (tertiary/aromatic N) is 2. The zero-order valence-electron chi connectivity index (χ0n) is 25.8. The number of aliphatic hydroxyl groups excluding tert-OH is 3. The molecule has 0 amide bonds. The summed E-state index contributed by atoms with van der Waals surface area (Å²) in [6.45, 7) is 2.84. The molecule has 0 radical (unpaired) electrons. The van der Waals surface area contributed by atoms with E-state index in [9.17, 15) is 35.1 Å². The first-order valence-corrected chi connectivity index (χ1v) is 15.4. The maximum absolute atomic E-state index is 14.2. The topological polar surface area (TPSA) is 177 Å². The van der Waals surface area contributed by atoms with Gasteiger partial charge in [0, 0.05) is 23.6 Å². The highest BCUT2D eigenvalue weighted by Gasteiger charge is 2.63. The number of allylic oxidation sites excluding steroid dienone is 1. The standard InChI is InChI=1S/C34H41N3O8/c1-36(2)28-22-15-18-14-21-19(20-13-17(7-10-24(20)45-3)16-37-11-5-4-6-12-37)8-9-23(38)26(21)29(39)25(18)31(41)34(22,44)32(42)27(30(28)40)33(35)43/h7-10,13,18,22,28,33,38,40-41,43-44H,4-6,11-12,14-16,35H2,1-3H3/t18-,22-,28-,33?,34-/m0/s1. The lowest BCUT2D eigenvalue weighted by atomic mass is 9.58. The summed E-state index contributed by atoms with van der Waals surface area (Å²) in [6.07, 6.45) is 1.91. The number of aromatic hydroxyl groups is 1. The monoisotopic (exact) mass is 619 g/mol. The molecule has 2 aromatic rings. The first-order valence-electron chi connectivity index (χ1n) is 15.4. The number of piperidine rings is 1. The Hall–Kier alpha value is -3.74. The van der Waals surface area contributed by atoms with E-state index in [4.69, 9.17) is 10.5 Å². The molecule has 1 heterocycles. The summed E-state index contributed by atoms with van der Waals surface area (Å²) >= 11 is 0. The fourth-order valence-corrected chi connectivity index (χ4v) is 8.02. The van der Waals surface area contributed by atoms with Gasteiger partial charge in [-0.1, -0.05) is 18.6 Å². The van der Waals surface area contributed by atoms with Crippen molar-refractivity contribution in [3.8, 4) is 22.6 Å². The Morgan fingerprint density at radius 1 is 1.07 bits per heavy atom. The molecule has 7 N–H and O–H groups in total. The minimum atomic E-state index is -2.62. The third kappa shape index (κ3) is 4.85. The van der Waals surface area contributed by atoms with Crippen LogP contribution in [-0.4, -0.2) is 99.1 Å². The van der Waals surface area contributed by atoms with Gasteiger partial charge in [0.1, 0.15) is 29.2 Å². The number of ketones is 2. The molecule has 0 spiro atoms. The van der Waals surface area contributed by atoms with Gasteiger partial charge in [-0.05, 0) is 93.7 Å². The van der Waals surface area contributed by atoms with E-state index in [0.29, 0.717) is 16.9 Å². The predicted octanol–water partition coefficient (Wildman–Crippen LogP) is 2.57. The van der Waals surface area contributed by atoms with Crippen molar-refractivity contribution in [1.29, 1.82) is 0 Å². The number of carbonyl (C=O) groups excluding carboxylic acids is 2. The largest absolute Gasteiger partial charge is 0.510 e. The molecular formula is C34H41N3O8. The number of ether oxygens (including phenoxy) is 1. The lowest BCUT2D eigenvalue weighted by Gasteiger charge is -2.50. The number of Topliss-reactive ketones (excluding diaryl/α,β-unsaturated/α-hetero) is 2. The van der Waals surface area contributed by atoms with Crippen LogP contribution in [0.15, 0.2) is 53.0 Å². The van der Waals surface area contributed by atoms with Crippen LogP contribution in [0.25, 0.3) is 11.1 Å². The van der Waals surface area contributed by atoms with Crippen molar-refractivity contribution in [2.24, 2.45) is 17.6 Å². The van der Waals surface area contributed by atoms with Crippen molar-refractivity contribution in [3.05, 3.63) is 69.7 Å². The molecule has 1 aliphatic heterocycles. The minimum absolute atomic E-state index is 0.0132. The van der Waals surface area contributed by atoms with Crippen LogP contribution in [0.2, 0.25) is 0 Å². The summed E-state index contributed by atoms with van der Waals surface area (Å²) in [5.41, 5.74) is 5.32. The van der Waals surface area contributed by atoms with Gasteiger partial charge in [-0.25, -0.2) is 0 Å². The highest BCUT2D eigenvalue weighted by Crippen LogP contribution is 2.53. The lowest BCUT2D eigenvalue weighted by Crippen LogP contribution is -2.64. The van der Waals surface area contributed by atoms with Gasteiger partial charge in [0.2, 0.25) is 5.78 Å². The van der Waals surface area contributed by atoms with Gasteiger partial charge in [0.15, 0.2) is 11.4 Å². The summed E-state index contributed by atoms with van der Waals surface area (Å²) in [5.74, 6) is -4.57. The van der Waals surface area contributed by atoms with Crippen LogP contribution in [0, 0.1) is 11.8 Å².